The molecule has 0 aliphatic heterocycles. The van der Waals surface area contributed by atoms with Crippen molar-refractivity contribution in [2.45, 2.75) is 19.3 Å². The van der Waals surface area contributed by atoms with Crippen LogP contribution in [0.1, 0.15) is 29.5 Å². The van der Waals surface area contributed by atoms with E-state index in [1.54, 1.807) is 0 Å². The van der Waals surface area contributed by atoms with Crippen LogP contribution in [-0.2, 0) is 6.42 Å². The Morgan fingerprint density at radius 1 is 0.895 bits per heavy atom. The van der Waals surface area contributed by atoms with Gasteiger partial charge in [-0.25, -0.2) is 0 Å². The largest absolute Gasteiger partial charge is 0.0763 e. The molecule has 0 saturated carbocycles. The average Bonchev–Trinajstić information content (AvgIpc) is 2.48. The number of benzene rings is 2. The van der Waals surface area contributed by atoms with Crippen molar-refractivity contribution in [1.29, 1.82) is 0 Å². The van der Waals surface area contributed by atoms with Crippen LogP contribution >= 0.6 is 0 Å². The van der Waals surface area contributed by atoms with Crippen LogP contribution < -0.4 is 0 Å². The van der Waals surface area contributed by atoms with Crippen LogP contribution in [0.4, 0.5) is 0 Å². The van der Waals surface area contributed by atoms with Crippen molar-refractivity contribution in [1.82, 2.24) is 0 Å². The molecule has 0 amide bonds. The van der Waals surface area contributed by atoms with E-state index in [0.29, 0.717) is 5.92 Å². The highest BCUT2D eigenvalue weighted by Crippen LogP contribution is 2.33. The molecule has 0 fully saturated rings. The fraction of sp³-hybridized carbons (Fsp3) is 0.158. The molecular weight excluding hydrogens is 228 g/mol. The summed E-state index contributed by atoms with van der Waals surface area (Å²) in [7, 11) is 0. The maximum atomic E-state index is 2.35. The molecule has 0 bridgehead atoms. The summed E-state index contributed by atoms with van der Waals surface area (Å²) in [6, 6.07) is 19.3. The van der Waals surface area contributed by atoms with E-state index in [0.717, 1.165) is 6.42 Å². The summed E-state index contributed by atoms with van der Waals surface area (Å²) in [4.78, 5) is 0. The van der Waals surface area contributed by atoms with Gasteiger partial charge in [-0.1, -0.05) is 79.7 Å². The van der Waals surface area contributed by atoms with Gasteiger partial charge in [0.1, 0.15) is 0 Å². The van der Waals surface area contributed by atoms with Crippen molar-refractivity contribution in [3.05, 3.63) is 89.0 Å². The van der Waals surface area contributed by atoms with E-state index in [2.05, 4.69) is 79.7 Å². The quantitative estimate of drug-likeness (QED) is 0.700. The van der Waals surface area contributed by atoms with Crippen molar-refractivity contribution in [2.75, 3.05) is 0 Å². The fourth-order valence-electron chi connectivity index (χ4n) is 2.66. The molecule has 3 rings (SSSR count). The number of hydrogen-bond acceptors (Lipinski definition) is 0. The van der Waals surface area contributed by atoms with E-state index in [-0.39, 0.29) is 0 Å². The second kappa shape index (κ2) is 5.27. The number of rotatable bonds is 2. The van der Waals surface area contributed by atoms with Gasteiger partial charge < -0.3 is 0 Å². The van der Waals surface area contributed by atoms with Crippen LogP contribution in [-0.4, -0.2) is 0 Å². The Hall–Kier alpha value is -2.08. The van der Waals surface area contributed by atoms with Crippen molar-refractivity contribution >= 4 is 6.08 Å². The maximum Gasteiger partial charge on any atom is 0.00638 e. The van der Waals surface area contributed by atoms with Crippen molar-refractivity contribution in [2.24, 2.45) is 0 Å². The van der Waals surface area contributed by atoms with Gasteiger partial charge in [-0.3, -0.25) is 0 Å². The molecule has 1 unspecified atom stereocenters. The molecule has 0 spiro atoms. The van der Waals surface area contributed by atoms with Gasteiger partial charge in [0.2, 0.25) is 0 Å². The molecule has 1 atom stereocenters. The van der Waals surface area contributed by atoms with Crippen molar-refractivity contribution in [3.63, 3.8) is 0 Å². The summed E-state index contributed by atoms with van der Waals surface area (Å²) in [6.07, 6.45) is 7.85. The zero-order valence-corrected chi connectivity index (χ0v) is 11.2. The molecule has 2 aromatic rings. The first kappa shape index (κ1) is 12.0. The van der Waals surface area contributed by atoms with Gasteiger partial charge in [-0.15, -0.1) is 0 Å². The van der Waals surface area contributed by atoms with E-state index in [4.69, 9.17) is 0 Å². The third kappa shape index (κ3) is 2.53. The summed E-state index contributed by atoms with van der Waals surface area (Å²) in [5.74, 6) is 0.491. The molecule has 1 aliphatic carbocycles. The first-order chi connectivity index (χ1) is 9.34. The molecule has 19 heavy (non-hydrogen) atoms. The minimum Gasteiger partial charge on any atom is -0.0763 e. The Labute approximate surface area is 115 Å². The third-order valence-electron chi connectivity index (χ3n) is 3.83. The first-order valence-electron chi connectivity index (χ1n) is 6.85. The third-order valence-corrected chi connectivity index (χ3v) is 3.83. The standard InChI is InChI=1S/C19H18/c1-15-17(12-11-16-7-3-2-4-8-16)13-14-18-9-5-6-10-19(15)18/h2-10,12-15H,11H2,1H3. The lowest BCUT2D eigenvalue weighted by Gasteiger charge is -2.20. The lowest BCUT2D eigenvalue weighted by Crippen LogP contribution is -2.03. The molecule has 0 radical (unpaired) electrons. The molecule has 0 heterocycles. The highest BCUT2D eigenvalue weighted by molar-refractivity contribution is 5.63. The predicted octanol–water partition coefficient (Wildman–Crippen LogP) is 4.99. The van der Waals surface area contributed by atoms with E-state index in [1.807, 2.05) is 0 Å². The van der Waals surface area contributed by atoms with Gasteiger partial charge in [0.25, 0.3) is 0 Å². The Kier molecular flexibility index (Phi) is 3.33. The van der Waals surface area contributed by atoms with E-state index in [1.165, 1.54) is 22.3 Å². The summed E-state index contributed by atoms with van der Waals surface area (Å²) >= 11 is 0. The van der Waals surface area contributed by atoms with E-state index >= 15 is 0 Å². The molecule has 0 aromatic heterocycles. The molecule has 2 aromatic carbocycles. The SMILES string of the molecule is CC1C(=CCc2ccccc2)C=Cc2ccccc21. The predicted molar refractivity (Wildman–Crippen MR) is 82.1 cm³/mol. The maximum absolute atomic E-state index is 2.35. The van der Waals surface area contributed by atoms with Gasteiger partial charge in [0.05, 0.1) is 0 Å². The Morgan fingerprint density at radius 2 is 1.63 bits per heavy atom. The Balaban J connectivity index is 1.84. The van der Waals surface area contributed by atoms with E-state index < -0.39 is 0 Å². The monoisotopic (exact) mass is 246 g/mol. The van der Waals surface area contributed by atoms with Gasteiger partial charge >= 0.3 is 0 Å². The summed E-state index contributed by atoms with van der Waals surface area (Å²) < 4.78 is 0. The minimum atomic E-state index is 0.491. The Morgan fingerprint density at radius 3 is 2.47 bits per heavy atom. The lowest BCUT2D eigenvalue weighted by atomic mass is 9.84. The summed E-state index contributed by atoms with van der Waals surface area (Å²) in [5, 5.41) is 0. The molecule has 94 valence electrons. The van der Waals surface area contributed by atoms with Crippen LogP contribution in [0.3, 0.4) is 0 Å². The topological polar surface area (TPSA) is 0 Å². The van der Waals surface area contributed by atoms with Crippen LogP contribution in [0.25, 0.3) is 6.08 Å². The van der Waals surface area contributed by atoms with Crippen molar-refractivity contribution < 1.29 is 0 Å². The van der Waals surface area contributed by atoms with Gasteiger partial charge in [-0.2, -0.15) is 0 Å². The lowest BCUT2D eigenvalue weighted by molar-refractivity contribution is 0.902. The number of allylic oxidation sites excluding steroid dienone is 3. The second-order valence-electron chi connectivity index (χ2n) is 5.08. The normalized spacial score (nSPS) is 19.4. The molecule has 0 heteroatoms. The van der Waals surface area contributed by atoms with Crippen LogP contribution in [0.5, 0.6) is 0 Å². The summed E-state index contributed by atoms with van der Waals surface area (Å²) in [5.41, 5.74) is 5.58. The highest BCUT2D eigenvalue weighted by atomic mass is 14.2. The van der Waals surface area contributed by atoms with Crippen LogP contribution in [0.2, 0.25) is 0 Å². The van der Waals surface area contributed by atoms with Gasteiger partial charge in [-0.05, 0) is 28.7 Å². The molecule has 0 saturated heterocycles. The van der Waals surface area contributed by atoms with Gasteiger partial charge in [0, 0.05) is 5.92 Å². The van der Waals surface area contributed by atoms with Crippen molar-refractivity contribution in [3.8, 4) is 0 Å². The summed E-state index contributed by atoms with van der Waals surface area (Å²) in [6.45, 7) is 2.29. The zero-order chi connectivity index (χ0) is 13.1. The first-order valence-corrected chi connectivity index (χ1v) is 6.85. The number of fused-ring (bicyclic) bond motifs is 1. The molecular formula is C19H18. The zero-order valence-electron chi connectivity index (χ0n) is 11.2. The fourth-order valence-corrected chi connectivity index (χ4v) is 2.66. The molecule has 1 aliphatic rings. The van der Waals surface area contributed by atoms with Crippen LogP contribution in [0, 0.1) is 0 Å². The molecule has 0 N–H and O–H groups in total. The van der Waals surface area contributed by atoms with Crippen LogP contribution in [0.15, 0.2) is 72.3 Å². The minimum absolute atomic E-state index is 0.491. The molecule has 0 nitrogen and oxygen atoms in total. The van der Waals surface area contributed by atoms with Gasteiger partial charge in [0.15, 0.2) is 0 Å². The number of hydrogen-bond donors (Lipinski definition) is 0. The smallest absolute Gasteiger partial charge is 0.00638 e. The second-order valence-corrected chi connectivity index (χ2v) is 5.08. The average molecular weight is 246 g/mol. The highest BCUT2D eigenvalue weighted by Gasteiger charge is 2.15. The van der Waals surface area contributed by atoms with E-state index in [9.17, 15) is 0 Å². The Bertz CT molecular complexity index is 617.